The van der Waals surface area contributed by atoms with Gasteiger partial charge in [-0.3, -0.25) is 4.99 Å². The van der Waals surface area contributed by atoms with E-state index in [0.717, 1.165) is 55.9 Å². The smallest absolute Gasteiger partial charge is 0.185 e. The molecule has 2 atom stereocenters. The van der Waals surface area contributed by atoms with Crippen molar-refractivity contribution < 1.29 is 0 Å². The molecule has 33 heavy (non-hydrogen) atoms. The number of rotatable bonds is 18. The molecule has 0 bridgehead atoms. The molecule has 7 heteroatoms. The van der Waals surface area contributed by atoms with Crippen LogP contribution in [0.2, 0.25) is 0 Å². The zero-order chi connectivity index (χ0) is 24.6. The predicted molar refractivity (Wildman–Crippen MR) is 142 cm³/mol. The average Bonchev–Trinajstić information content (AvgIpc) is 2.81. The van der Waals surface area contributed by atoms with Crippen LogP contribution in [-0.4, -0.2) is 49.6 Å². The van der Waals surface area contributed by atoms with Gasteiger partial charge in [-0.1, -0.05) is 70.3 Å². The van der Waals surface area contributed by atoms with Crippen LogP contribution in [0, 0.1) is 5.92 Å². The third-order valence-corrected chi connectivity index (χ3v) is 5.55. The maximum Gasteiger partial charge on any atom is 0.185 e. The van der Waals surface area contributed by atoms with Crippen molar-refractivity contribution >= 4 is 5.96 Å². The van der Waals surface area contributed by atoms with Gasteiger partial charge in [0.05, 0.1) is 19.1 Å². The summed E-state index contributed by atoms with van der Waals surface area (Å²) in [7, 11) is 0. The van der Waals surface area contributed by atoms with E-state index in [1.54, 1.807) is 0 Å². The molecule has 0 aliphatic carbocycles. The molecule has 0 amide bonds. The normalized spacial score (nSPS) is 12.3. The molecule has 0 saturated carbocycles. The van der Waals surface area contributed by atoms with Gasteiger partial charge >= 0.3 is 0 Å². The highest BCUT2D eigenvalue weighted by molar-refractivity contribution is 5.75. The number of benzene rings is 1. The highest BCUT2D eigenvalue weighted by Gasteiger charge is 2.19. The number of unbranched alkanes of at least 4 members (excludes halogenated alkanes) is 1. The summed E-state index contributed by atoms with van der Waals surface area (Å²) in [5.41, 5.74) is 21.1. The van der Waals surface area contributed by atoms with Gasteiger partial charge in [0.15, 0.2) is 5.96 Å². The molecule has 0 saturated heterocycles. The van der Waals surface area contributed by atoms with E-state index in [-0.39, 0.29) is 17.9 Å². The third kappa shape index (κ3) is 11.0. The van der Waals surface area contributed by atoms with Crippen LogP contribution < -0.4 is 27.8 Å². The van der Waals surface area contributed by atoms with Crippen LogP contribution in [0.5, 0.6) is 0 Å². The maximum atomic E-state index is 6.02. The Balaban J connectivity index is 2.74. The molecule has 184 valence electrons. The summed E-state index contributed by atoms with van der Waals surface area (Å²) in [6.45, 7) is 20.5. The van der Waals surface area contributed by atoms with Gasteiger partial charge in [-0.2, -0.15) is 0 Å². The van der Waals surface area contributed by atoms with E-state index in [1.807, 2.05) is 18.2 Å². The van der Waals surface area contributed by atoms with E-state index in [4.69, 9.17) is 17.2 Å². The van der Waals surface area contributed by atoms with E-state index in [1.165, 1.54) is 5.56 Å². The molecule has 0 heterocycles. The predicted octanol–water partition coefficient (Wildman–Crippen LogP) is 2.68. The van der Waals surface area contributed by atoms with Crippen LogP contribution in [0.1, 0.15) is 38.7 Å². The first kappa shape index (κ1) is 28.1. The van der Waals surface area contributed by atoms with E-state index in [0.29, 0.717) is 19.6 Å². The summed E-state index contributed by atoms with van der Waals surface area (Å²) in [6, 6.07) is 10.2. The molecule has 8 N–H and O–H groups in total. The topological polar surface area (TPSA) is 118 Å². The van der Waals surface area contributed by atoms with Crippen LogP contribution >= 0.6 is 0 Å². The van der Waals surface area contributed by atoms with Crippen molar-refractivity contribution in [3.8, 4) is 0 Å². The number of nitrogens with two attached hydrogens (primary N) is 3. The van der Waals surface area contributed by atoms with E-state index >= 15 is 0 Å². The number of guanidine groups is 1. The van der Waals surface area contributed by atoms with Gasteiger partial charge in [0.1, 0.15) is 0 Å². The molecule has 0 aliphatic heterocycles. The van der Waals surface area contributed by atoms with Crippen molar-refractivity contribution in [2.24, 2.45) is 28.1 Å². The number of aliphatic imine (C=N–C) groups is 1. The van der Waals surface area contributed by atoms with Crippen molar-refractivity contribution in [1.82, 2.24) is 15.5 Å². The molecular formula is C26H45N7. The fraction of sp³-hybridized carbons (Fsp3) is 0.500. The van der Waals surface area contributed by atoms with E-state index in [2.05, 4.69) is 66.2 Å². The first-order chi connectivity index (χ1) is 15.8. The number of hydrogen-bond acceptors (Lipinski definition) is 5. The second-order valence-electron chi connectivity index (χ2n) is 8.40. The largest absolute Gasteiger partial charge is 0.383 e. The van der Waals surface area contributed by atoms with Crippen molar-refractivity contribution in [2.45, 2.75) is 45.6 Å². The summed E-state index contributed by atoms with van der Waals surface area (Å²) >= 11 is 0. The van der Waals surface area contributed by atoms with Crippen LogP contribution in [0.25, 0.3) is 0 Å². The first-order valence-corrected chi connectivity index (χ1v) is 11.9. The lowest BCUT2D eigenvalue weighted by Crippen LogP contribution is -2.43. The Hall–Kier alpha value is -2.93. The Bertz CT molecular complexity index is 753. The molecule has 0 fully saturated rings. The van der Waals surface area contributed by atoms with Crippen LogP contribution in [-0.2, 0) is 6.42 Å². The third-order valence-electron chi connectivity index (χ3n) is 5.55. The highest BCUT2D eigenvalue weighted by Crippen LogP contribution is 2.15. The maximum absolute atomic E-state index is 6.02. The fourth-order valence-corrected chi connectivity index (χ4v) is 3.58. The average molecular weight is 456 g/mol. The molecular weight excluding hydrogens is 410 g/mol. The Morgan fingerprint density at radius 3 is 2.33 bits per heavy atom. The summed E-state index contributed by atoms with van der Waals surface area (Å²) in [5.74, 6) is 0.204. The van der Waals surface area contributed by atoms with Gasteiger partial charge in [-0.05, 0) is 24.8 Å². The lowest BCUT2D eigenvalue weighted by Gasteiger charge is -2.32. The zero-order valence-corrected chi connectivity index (χ0v) is 20.7. The van der Waals surface area contributed by atoms with Gasteiger partial charge in [0.25, 0.3) is 0 Å². The number of hydrogen-bond donors (Lipinski definition) is 5. The lowest BCUT2D eigenvalue weighted by molar-refractivity contribution is 0.310. The Morgan fingerprint density at radius 1 is 1.06 bits per heavy atom. The van der Waals surface area contributed by atoms with Crippen molar-refractivity contribution in [1.29, 1.82) is 0 Å². The van der Waals surface area contributed by atoms with Crippen LogP contribution in [0.15, 0.2) is 72.2 Å². The lowest BCUT2D eigenvalue weighted by atomic mass is 9.97. The summed E-state index contributed by atoms with van der Waals surface area (Å²) in [6.07, 6.45) is 4.13. The van der Waals surface area contributed by atoms with Crippen molar-refractivity contribution in [3.05, 3.63) is 72.7 Å². The minimum Gasteiger partial charge on any atom is -0.383 e. The highest BCUT2D eigenvalue weighted by atomic mass is 15.2. The zero-order valence-electron chi connectivity index (χ0n) is 20.7. The monoisotopic (exact) mass is 455 g/mol. The van der Waals surface area contributed by atoms with Gasteiger partial charge in [0.2, 0.25) is 0 Å². The minimum atomic E-state index is -0.146. The number of nitrogens with one attached hydrogen (secondary N) is 2. The Kier molecular flexibility index (Phi) is 13.5. The van der Waals surface area contributed by atoms with E-state index in [9.17, 15) is 0 Å². The van der Waals surface area contributed by atoms with Crippen molar-refractivity contribution in [2.75, 3.05) is 32.7 Å². The molecule has 7 nitrogen and oxygen atoms in total. The molecule has 1 aromatic rings. The van der Waals surface area contributed by atoms with Gasteiger partial charge in [-0.25, -0.2) is 0 Å². The molecule has 0 spiro atoms. The minimum absolute atomic E-state index is 0.0639. The summed E-state index contributed by atoms with van der Waals surface area (Å²) in [5, 5.41) is 6.85. The van der Waals surface area contributed by atoms with Gasteiger partial charge in [-0.15, -0.1) is 0 Å². The second-order valence-corrected chi connectivity index (χ2v) is 8.40. The molecule has 0 radical (unpaired) electrons. The molecule has 1 aromatic carbocycles. The van der Waals surface area contributed by atoms with Gasteiger partial charge < -0.3 is 32.7 Å². The van der Waals surface area contributed by atoms with Crippen LogP contribution in [0.4, 0.5) is 0 Å². The second kappa shape index (κ2) is 15.8. The quantitative estimate of drug-likeness (QED) is 0.172. The van der Waals surface area contributed by atoms with Crippen molar-refractivity contribution in [3.63, 3.8) is 0 Å². The standard InChI is InChI=1S/C26H45N7/c1-6-8-15-33(14-7-2)22(5)25(19-31-26(28)29)32-20(3)18-30-21(4)24(17-27)16-23-12-10-9-11-13-23/h9-13,24-25,30,32H,3-8,14-19,27H2,1-2H3,(H4,28,29,31). The molecule has 1 rings (SSSR count). The molecule has 0 aromatic heterocycles. The summed E-state index contributed by atoms with van der Waals surface area (Å²) < 4.78 is 0. The summed E-state index contributed by atoms with van der Waals surface area (Å²) in [4.78, 5) is 6.54. The van der Waals surface area contributed by atoms with E-state index < -0.39 is 0 Å². The Labute approximate surface area is 200 Å². The SMILES string of the molecule is C=C(CNC(=C)C(CN)Cc1ccccc1)NC(CN=C(N)N)C(=C)N(CCC)CCCC. The molecule has 0 aliphatic rings. The first-order valence-electron chi connectivity index (χ1n) is 11.9. The molecule has 2 unspecified atom stereocenters. The van der Waals surface area contributed by atoms with Crippen LogP contribution in [0.3, 0.4) is 0 Å². The Morgan fingerprint density at radius 2 is 1.76 bits per heavy atom. The van der Waals surface area contributed by atoms with Gasteiger partial charge in [0, 0.05) is 42.6 Å². The fourth-order valence-electron chi connectivity index (χ4n) is 3.58. The number of nitrogens with zero attached hydrogens (tertiary/aromatic N) is 2.